The van der Waals surface area contributed by atoms with E-state index in [2.05, 4.69) is 0 Å². The number of hydrogen-bond acceptors (Lipinski definition) is 5. The highest BCUT2D eigenvalue weighted by Crippen LogP contribution is 2.24. The van der Waals surface area contributed by atoms with Gasteiger partial charge in [-0.15, -0.1) is 0 Å². The van der Waals surface area contributed by atoms with Crippen LogP contribution in [0.25, 0.3) is 0 Å². The first kappa shape index (κ1) is 17.6. The Morgan fingerprint density at radius 1 is 1.24 bits per heavy atom. The molecule has 0 spiro atoms. The number of carbonyl (C=O) groups is 1. The first-order valence-electron chi connectivity index (χ1n) is 5.90. The molecule has 0 aliphatic rings. The summed E-state index contributed by atoms with van der Waals surface area (Å²) < 4.78 is 48.7. The third-order valence-electron chi connectivity index (χ3n) is 3.15. The van der Waals surface area contributed by atoms with Crippen LogP contribution in [-0.4, -0.2) is 51.6 Å². The van der Waals surface area contributed by atoms with Crippen LogP contribution >= 0.6 is 0 Å². The van der Waals surface area contributed by atoms with Crippen molar-refractivity contribution in [3.05, 3.63) is 23.8 Å². The van der Waals surface area contributed by atoms with Crippen LogP contribution in [0, 0.1) is 6.92 Å². The van der Waals surface area contributed by atoms with Crippen molar-refractivity contribution in [2.45, 2.75) is 29.7 Å². The molecule has 9 heteroatoms. The summed E-state index contributed by atoms with van der Waals surface area (Å²) in [6, 6.07) is 2.47. The molecular weight excluding hydrogens is 318 g/mol. The average Bonchev–Trinajstić information content (AvgIpc) is 2.35. The van der Waals surface area contributed by atoms with E-state index < -0.39 is 31.9 Å². The van der Waals surface area contributed by atoms with Gasteiger partial charge in [0, 0.05) is 13.3 Å². The van der Waals surface area contributed by atoms with Gasteiger partial charge in [-0.3, -0.25) is 4.79 Å². The van der Waals surface area contributed by atoms with Crippen molar-refractivity contribution in [1.29, 1.82) is 0 Å². The maximum Gasteiger partial charge on any atom is 0.321 e. The lowest BCUT2D eigenvalue weighted by Crippen LogP contribution is -2.40. The molecule has 1 aromatic carbocycles. The van der Waals surface area contributed by atoms with E-state index in [9.17, 15) is 21.6 Å². The Morgan fingerprint density at radius 2 is 1.76 bits per heavy atom. The monoisotopic (exact) mass is 335 g/mol. The minimum absolute atomic E-state index is 0.136. The quantitative estimate of drug-likeness (QED) is 0.839. The third kappa shape index (κ3) is 3.60. The Labute approximate surface area is 124 Å². The summed E-state index contributed by atoms with van der Waals surface area (Å²) in [6.07, 6.45) is 0.970. The molecule has 0 saturated carbocycles. The van der Waals surface area contributed by atoms with E-state index in [1.807, 2.05) is 0 Å². The minimum atomic E-state index is -4.11. The fraction of sp³-hybridized carbons (Fsp3) is 0.417. The number of rotatable bonds is 5. The molecule has 0 saturated heterocycles. The summed E-state index contributed by atoms with van der Waals surface area (Å²) >= 11 is 0. The van der Waals surface area contributed by atoms with Crippen LogP contribution in [0.15, 0.2) is 28.0 Å². The molecular formula is C12H17NO6S2. The average molecular weight is 335 g/mol. The topological polar surface area (TPSA) is 109 Å². The molecule has 1 aromatic rings. The Balaban J connectivity index is 3.48. The van der Waals surface area contributed by atoms with Crippen molar-refractivity contribution >= 4 is 25.8 Å². The molecule has 7 nitrogen and oxygen atoms in total. The summed E-state index contributed by atoms with van der Waals surface area (Å²) in [5.74, 6) is -1.29. The highest BCUT2D eigenvalue weighted by molar-refractivity contribution is 7.91. The van der Waals surface area contributed by atoms with E-state index in [-0.39, 0.29) is 9.79 Å². The predicted octanol–water partition coefficient (Wildman–Crippen LogP) is 0.492. The zero-order valence-corrected chi connectivity index (χ0v) is 13.7. The number of nitrogens with zero attached hydrogens (tertiary/aromatic N) is 1. The molecule has 1 rings (SSSR count). The first-order valence-corrected chi connectivity index (χ1v) is 9.23. The smallest absolute Gasteiger partial charge is 0.321 e. The molecule has 0 aliphatic heterocycles. The number of sulfone groups is 1. The van der Waals surface area contributed by atoms with Crippen LogP contribution in [-0.2, 0) is 24.7 Å². The van der Waals surface area contributed by atoms with Gasteiger partial charge in [0.05, 0.1) is 9.79 Å². The second-order valence-electron chi connectivity index (χ2n) is 4.73. The van der Waals surface area contributed by atoms with Crippen molar-refractivity contribution in [2.75, 3.05) is 13.3 Å². The molecule has 118 valence electrons. The normalized spacial score (nSPS) is 14.1. The van der Waals surface area contributed by atoms with Crippen molar-refractivity contribution in [3.8, 4) is 0 Å². The van der Waals surface area contributed by atoms with Crippen LogP contribution in [0.3, 0.4) is 0 Å². The third-order valence-corrected chi connectivity index (χ3v) is 6.33. The number of carboxylic acids is 1. The summed E-state index contributed by atoms with van der Waals surface area (Å²) in [5, 5.41) is 8.91. The van der Waals surface area contributed by atoms with Gasteiger partial charge in [-0.1, -0.05) is 6.07 Å². The SMILES string of the molecule is Cc1ccc(S(C)(=O)=O)cc1S(=O)(=O)N(C)C(C)C(=O)O. The molecule has 0 radical (unpaired) electrons. The molecule has 1 N–H and O–H groups in total. The fourth-order valence-corrected chi connectivity index (χ4v) is 3.90. The van der Waals surface area contributed by atoms with Gasteiger partial charge >= 0.3 is 5.97 Å². The summed E-state index contributed by atoms with van der Waals surface area (Å²) in [5.41, 5.74) is 0.340. The lowest BCUT2D eigenvalue weighted by Gasteiger charge is -2.22. The zero-order valence-electron chi connectivity index (χ0n) is 12.1. The Morgan fingerprint density at radius 3 is 2.19 bits per heavy atom. The van der Waals surface area contributed by atoms with E-state index >= 15 is 0 Å². The van der Waals surface area contributed by atoms with Crippen molar-refractivity contribution < 1.29 is 26.7 Å². The molecule has 1 unspecified atom stereocenters. The van der Waals surface area contributed by atoms with Crippen LogP contribution < -0.4 is 0 Å². The maximum absolute atomic E-state index is 12.4. The highest BCUT2D eigenvalue weighted by atomic mass is 32.2. The van der Waals surface area contributed by atoms with E-state index in [0.29, 0.717) is 9.87 Å². The van der Waals surface area contributed by atoms with Gasteiger partial charge < -0.3 is 5.11 Å². The number of likely N-dealkylation sites (N-methyl/N-ethyl adjacent to an activating group) is 1. The zero-order chi connectivity index (χ0) is 16.6. The van der Waals surface area contributed by atoms with Crippen LogP contribution in [0.4, 0.5) is 0 Å². The van der Waals surface area contributed by atoms with Gasteiger partial charge in [0.1, 0.15) is 6.04 Å². The van der Waals surface area contributed by atoms with Crippen LogP contribution in [0.5, 0.6) is 0 Å². The van der Waals surface area contributed by atoms with E-state index in [1.165, 1.54) is 26.0 Å². The van der Waals surface area contributed by atoms with Crippen LogP contribution in [0.1, 0.15) is 12.5 Å². The number of sulfonamides is 1. The number of hydrogen-bond donors (Lipinski definition) is 1. The molecule has 0 fully saturated rings. The lowest BCUT2D eigenvalue weighted by atomic mass is 10.2. The number of carboxylic acid groups (broad SMARTS) is 1. The molecule has 0 heterocycles. The summed E-state index contributed by atoms with van der Waals surface area (Å²) in [7, 11) is -6.53. The highest BCUT2D eigenvalue weighted by Gasteiger charge is 2.31. The van der Waals surface area contributed by atoms with Gasteiger partial charge in [0.2, 0.25) is 10.0 Å². The van der Waals surface area contributed by atoms with E-state index in [4.69, 9.17) is 5.11 Å². The van der Waals surface area contributed by atoms with Crippen molar-refractivity contribution in [3.63, 3.8) is 0 Å². The van der Waals surface area contributed by atoms with Gasteiger partial charge in [-0.05, 0) is 31.5 Å². The Hall–Kier alpha value is -1.45. The van der Waals surface area contributed by atoms with Crippen LogP contribution in [0.2, 0.25) is 0 Å². The number of aryl methyl sites for hydroxylation is 1. The fourth-order valence-electron chi connectivity index (χ4n) is 1.61. The van der Waals surface area contributed by atoms with Gasteiger partial charge in [-0.2, -0.15) is 4.31 Å². The van der Waals surface area contributed by atoms with Crippen molar-refractivity contribution in [2.24, 2.45) is 0 Å². The molecule has 1 atom stereocenters. The Bertz CT molecular complexity index is 767. The maximum atomic E-state index is 12.4. The Kier molecular flexibility index (Phi) is 4.81. The standard InChI is InChI=1S/C12H17NO6S2/c1-8-5-6-10(20(4,16)17)7-11(8)21(18,19)13(3)9(2)12(14)15/h5-7,9H,1-4H3,(H,14,15). The predicted molar refractivity (Wildman–Crippen MR) is 76.3 cm³/mol. The molecule has 0 aliphatic carbocycles. The second kappa shape index (κ2) is 5.74. The molecule has 0 bridgehead atoms. The largest absolute Gasteiger partial charge is 0.480 e. The van der Waals surface area contributed by atoms with Gasteiger partial charge in [-0.25, -0.2) is 16.8 Å². The summed E-state index contributed by atoms with van der Waals surface area (Å²) in [6.45, 7) is 2.74. The summed E-state index contributed by atoms with van der Waals surface area (Å²) in [4.78, 5) is 10.6. The van der Waals surface area contributed by atoms with Gasteiger partial charge in [0.25, 0.3) is 0 Å². The second-order valence-corrected chi connectivity index (χ2v) is 8.72. The minimum Gasteiger partial charge on any atom is -0.480 e. The van der Waals surface area contributed by atoms with Gasteiger partial charge in [0.15, 0.2) is 9.84 Å². The van der Waals surface area contributed by atoms with Crippen molar-refractivity contribution in [1.82, 2.24) is 4.31 Å². The van der Waals surface area contributed by atoms with E-state index in [0.717, 1.165) is 19.4 Å². The number of aliphatic carboxylic acids is 1. The molecule has 0 aromatic heterocycles. The molecule has 0 amide bonds. The number of benzene rings is 1. The first-order chi connectivity index (χ1) is 9.39. The molecule has 21 heavy (non-hydrogen) atoms. The van der Waals surface area contributed by atoms with E-state index in [1.54, 1.807) is 0 Å². The lowest BCUT2D eigenvalue weighted by molar-refractivity contribution is -0.140.